The number of hydrogen-bond acceptors (Lipinski definition) is 1. The summed E-state index contributed by atoms with van der Waals surface area (Å²) in [4.78, 5) is 0. The van der Waals surface area contributed by atoms with Gasteiger partial charge in [0.2, 0.25) is 0 Å². The highest BCUT2D eigenvalue weighted by Gasteiger charge is 1.95. The Morgan fingerprint density at radius 1 is 1.15 bits per heavy atom. The molecule has 0 amide bonds. The van der Waals surface area contributed by atoms with Gasteiger partial charge in [0, 0.05) is 6.54 Å². The fourth-order valence-corrected chi connectivity index (χ4v) is 1.32. The van der Waals surface area contributed by atoms with Gasteiger partial charge in [-0.25, -0.2) is 0 Å². The summed E-state index contributed by atoms with van der Waals surface area (Å²) >= 11 is 0. The maximum atomic E-state index is 3.40. The molecule has 0 aromatic heterocycles. The Bertz CT molecular complexity index is 266. The molecule has 0 unspecified atom stereocenters. The van der Waals surface area contributed by atoms with E-state index in [1.807, 2.05) is 0 Å². The molecule has 0 saturated carbocycles. The van der Waals surface area contributed by atoms with E-state index in [2.05, 4.69) is 44.3 Å². The molecule has 1 rings (SSSR count). The number of benzene rings is 1. The largest absolute Gasteiger partial charge is 0.313 e. The zero-order chi connectivity index (χ0) is 9.68. The van der Waals surface area contributed by atoms with Crippen LogP contribution in [0.4, 0.5) is 0 Å². The topological polar surface area (TPSA) is 12.0 Å². The van der Waals surface area contributed by atoms with Crippen LogP contribution in [0.2, 0.25) is 0 Å². The molecule has 13 heavy (non-hydrogen) atoms. The van der Waals surface area contributed by atoms with Crippen molar-refractivity contribution in [3.8, 4) is 0 Å². The monoisotopic (exact) mass is 177 g/mol. The third-order valence-corrected chi connectivity index (χ3v) is 2.33. The Morgan fingerprint density at radius 2 is 1.92 bits per heavy atom. The summed E-state index contributed by atoms with van der Waals surface area (Å²) in [6.07, 6.45) is 1.20. The average Bonchev–Trinajstić information content (AvgIpc) is 2.12. The molecule has 0 heterocycles. The summed E-state index contributed by atoms with van der Waals surface area (Å²) in [5, 5.41) is 3.40. The summed E-state index contributed by atoms with van der Waals surface area (Å²) in [5.41, 5.74) is 4.14. The van der Waals surface area contributed by atoms with E-state index < -0.39 is 0 Å². The van der Waals surface area contributed by atoms with Gasteiger partial charge in [0.1, 0.15) is 0 Å². The molecule has 0 aliphatic carbocycles. The van der Waals surface area contributed by atoms with Crippen LogP contribution in [0.25, 0.3) is 0 Å². The lowest BCUT2D eigenvalue weighted by atomic mass is 10.1. The quantitative estimate of drug-likeness (QED) is 0.697. The minimum Gasteiger partial charge on any atom is -0.313 e. The van der Waals surface area contributed by atoms with Crippen molar-refractivity contribution in [1.82, 2.24) is 5.32 Å². The van der Waals surface area contributed by atoms with Crippen LogP contribution in [-0.2, 0) is 6.54 Å². The van der Waals surface area contributed by atoms with Crippen molar-refractivity contribution in [2.75, 3.05) is 6.54 Å². The molecule has 0 fully saturated rings. The van der Waals surface area contributed by atoms with Crippen molar-refractivity contribution in [2.24, 2.45) is 0 Å². The number of aryl methyl sites for hydroxylation is 2. The highest BCUT2D eigenvalue weighted by molar-refractivity contribution is 5.29. The van der Waals surface area contributed by atoms with Gasteiger partial charge in [-0.1, -0.05) is 25.1 Å². The first-order chi connectivity index (χ1) is 6.24. The predicted octanol–water partition coefficient (Wildman–Crippen LogP) is 2.80. The first-order valence-corrected chi connectivity index (χ1v) is 5.01. The SMILES string of the molecule is CCCNCc1ccc(C)c(C)c1. The van der Waals surface area contributed by atoms with Gasteiger partial charge in [-0.2, -0.15) is 0 Å². The molecule has 0 aliphatic heterocycles. The second kappa shape index (κ2) is 5.03. The summed E-state index contributed by atoms with van der Waals surface area (Å²) in [6.45, 7) is 8.60. The first kappa shape index (κ1) is 10.3. The van der Waals surface area contributed by atoms with Crippen LogP contribution in [0, 0.1) is 13.8 Å². The molecule has 1 aromatic rings. The van der Waals surface area contributed by atoms with Crippen LogP contribution < -0.4 is 5.32 Å². The van der Waals surface area contributed by atoms with E-state index in [0.717, 1.165) is 13.1 Å². The van der Waals surface area contributed by atoms with E-state index in [-0.39, 0.29) is 0 Å². The van der Waals surface area contributed by atoms with Crippen molar-refractivity contribution in [1.29, 1.82) is 0 Å². The second-order valence-electron chi connectivity index (χ2n) is 3.60. The molecule has 0 saturated heterocycles. The molecule has 72 valence electrons. The van der Waals surface area contributed by atoms with Gasteiger partial charge < -0.3 is 5.32 Å². The normalized spacial score (nSPS) is 10.4. The molecular formula is C12H19N. The van der Waals surface area contributed by atoms with Crippen molar-refractivity contribution < 1.29 is 0 Å². The van der Waals surface area contributed by atoms with Crippen molar-refractivity contribution >= 4 is 0 Å². The van der Waals surface area contributed by atoms with Gasteiger partial charge in [0.05, 0.1) is 0 Å². The van der Waals surface area contributed by atoms with Gasteiger partial charge in [0.25, 0.3) is 0 Å². The number of hydrogen-bond donors (Lipinski definition) is 1. The van der Waals surface area contributed by atoms with Crippen molar-refractivity contribution in [3.05, 3.63) is 34.9 Å². The molecular weight excluding hydrogens is 158 g/mol. The molecule has 0 spiro atoms. The fraction of sp³-hybridized carbons (Fsp3) is 0.500. The van der Waals surface area contributed by atoms with E-state index in [0.29, 0.717) is 0 Å². The Labute approximate surface area is 81.2 Å². The maximum Gasteiger partial charge on any atom is 0.0205 e. The molecule has 0 aliphatic rings. The highest BCUT2D eigenvalue weighted by atomic mass is 14.8. The zero-order valence-corrected chi connectivity index (χ0v) is 8.85. The van der Waals surface area contributed by atoms with Crippen molar-refractivity contribution in [2.45, 2.75) is 33.7 Å². The van der Waals surface area contributed by atoms with Crippen LogP contribution in [-0.4, -0.2) is 6.54 Å². The molecule has 1 heteroatoms. The van der Waals surface area contributed by atoms with Gasteiger partial charge in [-0.15, -0.1) is 0 Å². The first-order valence-electron chi connectivity index (χ1n) is 5.01. The summed E-state index contributed by atoms with van der Waals surface area (Å²) in [5.74, 6) is 0. The minimum atomic E-state index is 0.995. The minimum absolute atomic E-state index is 0.995. The van der Waals surface area contributed by atoms with Crippen LogP contribution in [0.15, 0.2) is 18.2 Å². The van der Waals surface area contributed by atoms with Gasteiger partial charge in [0.15, 0.2) is 0 Å². The lowest BCUT2D eigenvalue weighted by Crippen LogP contribution is -2.13. The Balaban J connectivity index is 2.53. The average molecular weight is 177 g/mol. The van der Waals surface area contributed by atoms with Crippen LogP contribution >= 0.6 is 0 Å². The van der Waals surface area contributed by atoms with Crippen LogP contribution in [0.3, 0.4) is 0 Å². The third-order valence-electron chi connectivity index (χ3n) is 2.33. The van der Waals surface area contributed by atoms with Gasteiger partial charge >= 0.3 is 0 Å². The predicted molar refractivity (Wildman–Crippen MR) is 57.9 cm³/mol. The second-order valence-corrected chi connectivity index (χ2v) is 3.60. The number of rotatable bonds is 4. The Kier molecular flexibility index (Phi) is 3.97. The third kappa shape index (κ3) is 3.19. The summed E-state index contributed by atoms with van der Waals surface area (Å²) in [7, 11) is 0. The lowest BCUT2D eigenvalue weighted by molar-refractivity contribution is 0.675. The van der Waals surface area contributed by atoms with E-state index in [4.69, 9.17) is 0 Å². The van der Waals surface area contributed by atoms with Crippen LogP contribution in [0.5, 0.6) is 0 Å². The molecule has 0 atom stereocenters. The molecule has 1 aromatic carbocycles. The lowest BCUT2D eigenvalue weighted by Gasteiger charge is -2.05. The van der Waals surface area contributed by atoms with Gasteiger partial charge in [-0.05, 0) is 43.5 Å². The number of nitrogens with one attached hydrogen (secondary N) is 1. The standard InChI is InChI=1S/C12H19N/c1-4-7-13-9-12-6-5-10(2)11(3)8-12/h5-6,8,13H,4,7,9H2,1-3H3. The molecule has 0 bridgehead atoms. The zero-order valence-electron chi connectivity index (χ0n) is 8.85. The highest BCUT2D eigenvalue weighted by Crippen LogP contribution is 2.09. The molecule has 0 radical (unpaired) electrons. The fourth-order valence-electron chi connectivity index (χ4n) is 1.32. The molecule has 1 nitrogen and oxygen atoms in total. The Hall–Kier alpha value is -0.820. The van der Waals surface area contributed by atoms with Crippen molar-refractivity contribution in [3.63, 3.8) is 0 Å². The van der Waals surface area contributed by atoms with Crippen LogP contribution in [0.1, 0.15) is 30.0 Å². The summed E-state index contributed by atoms with van der Waals surface area (Å²) in [6, 6.07) is 6.65. The smallest absolute Gasteiger partial charge is 0.0205 e. The van der Waals surface area contributed by atoms with E-state index >= 15 is 0 Å². The van der Waals surface area contributed by atoms with E-state index in [9.17, 15) is 0 Å². The van der Waals surface area contributed by atoms with Gasteiger partial charge in [-0.3, -0.25) is 0 Å². The van der Waals surface area contributed by atoms with E-state index in [1.54, 1.807) is 0 Å². The Morgan fingerprint density at radius 3 is 2.54 bits per heavy atom. The molecule has 1 N–H and O–H groups in total. The van der Waals surface area contributed by atoms with E-state index in [1.165, 1.54) is 23.1 Å². The maximum absolute atomic E-state index is 3.40. The summed E-state index contributed by atoms with van der Waals surface area (Å²) < 4.78 is 0.